The van der Waals surface area contributed by atoms with E-state index in [9.17, 15) is 9.90 Å². The Bertz CT molecular complexity index is 888. The van der Waals surface area contributed by atoms with Gasteiger partial charge in [-0.3, -0.25) is 4.79 Å². The van der Waals surface area contributed by atoms with Crippen LogP contribution >= 0.6 is 0 Å². The normalized spacial score (nSPS) is 15.9. The van der Waals surface area contributed by atoms with Crippen LogP contribution in [0.25, 0.3) is 0 Å². The van der Waals surface area contributed by atoms with Crippen molar-refractivity contribution in [1.82, 2.24) is 0 Å². The lowest BCUT2D eigenvalue weighted by Crippen LogP contribution is -2.44. The Hall–Kier alpha value is -2.94. The second-order valence-electron chi connectivity index (χ2n) is 6.09. The quantitative estimate of drug-likeness (QED) is 0.594. The van der Waals surface area contributed by atoms with Crippen LogP contribution in [0.1, 0.15) is 39.8 Å². The molecule has 1 atom stereocenters. The van der Waals surface area contributed by atoms with Crippen molar-refractivity contribution in [3.05, 3.63) is 95.3 Å². The molecule has 1 unspecified atom stereocenters. The largest absolute Gasteiger partial charge is 0.502 e. The molecule has 0 fully saturated rings. The third-order valence-electron chi connectivity index (χ3n) is 4.65. The molecule has 3 heteroatoms. The molecule has 0 spiro atoms. The highest BCUT2D eigenvalue weighted by molar-refractivity contribution is 6.08. The number of hydrogen-bond acceptors (Lipinski definition) is 2. The lowest BCUT2D eigenvalue weighted by Gasteiger charge is -2.11. The summed E-state index contributed by atoms with van der Waals surface area (Å²) in [6.07, 6.45) is 1.83. The van der Waals surface area contributed by atoms with Crippen molar-refractivity contribution in [3.8, 4) is 5.75 Å². The zero-order valence-electron chi connectivity index (χ0n) is 13.2. The number of aryl methyl sites for hydroxylation is 1. The molecule has 1 aliphatic heterocycles. The highest BCUT2D eigenvalue weighted by Crippen LogP contribution is 2.29. The molecule has 0 saturated carbocycles. The van der Waals surface area contributed by atoms with Gasteiger partial charge in [0, 0.05) is 30.0 Å². The summed E-state index contributed by atoms with van der Waals surface area (Å²) in [5.74, 6) is -0.104. The molecule has 4 rings (SSSR count). The van der Waals surface area contributed by atoms with Crippen LogP contribution in [0, 0.1) is 0 Å². The summed E-state index contributed by atoms with van der Waals surface area (Å²) in [5.41, 5.74) is 3.22. The van der Waals surface area contributed by atoms with Crippen LogP contribution in [-0.4, -0.2) is 10.9 Å². The van der Waals surface area contributed by atoms with Crippen molar-refractivity contribution in [3.63, 3.8) is 0 Å². The lowest BCUT2D eigenvalue weighted by atomic mass is 10.0. The van der Waals surface area contributed by atoms with E-state index in [1.807, 2.05) is 47.0 Å². The van der Waals surface area contributed by atoms with Gasteiger partial charge < -0.3 is 5.11 Å². The van der Waals surface area contributed by atoms with Gasteiger partial charge in [0.05, 0.1) is 0 Å². The van der Waals surface area contributed by atoms with Crippen molar-refractivity contribution in [2.24, 2.45) is 0 Å². The summed E-state index contributed by atoms with van der Waals surface area (Å²) in [7, 11) is 0. The first-order valence-electron chi connectivity index (χ1n) is 8.17. The van der Waals surface area contributed by atoms with E-state index in [4.69, 9.17) is 0 Å². The second-order valence-corrected chi connectivity index (χ2v) is 6.09. The SMILES string of the molecule is O=C(c1ccccc1)c1c(O)ccc2[n+]1C(c1ccccc1)CC2. The van der Waals surface area contributed by atoms with Gasteiger partial charge >= 0.3 is 0 Å². The van der Waals surface area contributed by atoms with Crippen LogP contribution in [0.5, 0.6) is 5.75 Å². The van der Waals surface area contributed by atoms with Gasteiger partial charge in [-0.05, 0) is 6.07 Å². The standard InChI is InChI=1S/C21H17NO2/c23-19-14-12-17-11-13-18(15-7-3-1-4-8-15)22(17)20(19)21(24)16-9-5-2-6-10-16/h1-10,12,14,18H,11,13H2/p+1. The van der Waals surface area contributed by atoms with Gasteiger partial charge in [0.15, 0.2) is 17.5 Å². The van der Waals surface area contributed by atoms with E-state index in [1.165, 1.54) is 0 Å². The van der Waals surface area contributed by atoms with Crippen LogP contribution in [-0.2, 0) is 6.42 Å². The number of ketones is 1. The molecule has 2 heterocycles. The molecule has 0 saturated heterocycles. The summed E-state index contributed by atoms with van der Waals surface area (Å²) in [4.78, 5) is 13.0. The number of pyridine rings is 1. The molecule has 2 aromatic carbocycles. The maximum Gasteiger partial charge on any atom is 0.296 e. The second kappa shape index (κ2) is 5.93. The number of benzene rings is 2. The molecular formula is C21H18NO2+. The smallest absolute Gasteiger partial charge is 0.296 e. The Morgan fingerprint density at radius 3 is 2.29 bits per heavy atom. The predicted octanol–water partition coefficient (Wildman–Crippen LogP) is 3.45. The number of aromatic nitrogens is 1. The molecule has 1 N–H and O–H groups in total. The third kappa shape index (κ3) is 2.38. The summed E-state index contributed by atoms with van der Waals surface area (Å²) in [6, 6.07) is 22.9. The van der Waals surface area contributed by atoms with Crippen molar-refractivity contribution in [2.45, 2.75) is 18.9 Å². The van der Waals surface area contributed by atoms with E-state index >= 15 is 0 Å². The molecule has 0 amide bonds. The number of aromatic hydroxyl groups is 1. The first kappa shape index (κ1) is 14.6. The predicted molar refractivity (Wildman–Crippen MR) is 91.1 cm³/mol. The van der Waals surface area contributed by atoms with Gasteiger partial charge in [-0.25, -0.2) is 0 Å². The molecule has 0 radical (unpaired) electrons. The summed E-state index contributed by atoms with van der Waals surface area (Å²) >= 11 is 0. The van der Waals surface area contributed by atoms with Gasteiger partial charge in [-0.2, -0.15) is 4.57 Å². The zero-order chi connectivity index (χ0) is 16.5. The van der Waals surface area contributed by atoms with Gasteiger partial charge in [0.2, 0.25) is 0 Å². The number of carbonyl (C=O) groups excluding carboxylic acids is 1. The molecule has 24 heavy (non-hydrogen) atoms. The van der Waals surface area contributed by atoms with E-state index in [0.29, 0.717) is 11.3 Å². The minimum atomic E-state index is -0.141. The fourth-order valence-electron chi connectivity index (χ4n) is 3.52. The Morgan fingerprint density at radius 2 is 1.58 bits per heavy atom. The van der Waals surface area contributed by atoms with Crippen molar-refractivity contribution < 1.29 is 14.5 Å². The monoisotopic (exact) mass is 316 g/mol. The Kier molecular flexibility index (Phi) is 3.62. The first-order valence-corrected chi connectivity index (χ1v) is 8.17. The lowest BCUT2D eigenvalue weighted by molar-refractivity contribution is -0.709. The average Bonchev–Trinajstić information content (AvgIpc) is 3.06. The van der Waals surface area contributed by atoms with E-state index < -0.39 is 0 Å². The van der Waals surface area contributed by atoms with Crippen molar-refractivity contribution in [2.75, 3.05) is 0 Å². The summed E-state index contributed by atoms with van der Waals surface area (Å²) in [6.45, 7) is 0. The van der Waals surface area contributed by atoms with Crippen LogP contribution in [0.4, 0.5) is 0 Å². The number of fused-ring (bicyclic) bond motifs is 1. The molecule has 0 aliphatic carbocycles. The molecule has 0 bridgehead atoms. The van der Waals surface area contributed by atoms with Gasteiger partial charge in [-0.1, -0.05) is 60.7 Å². The maximum atomic E-state index is 13.0. The first-order chi connectivity index (χ1) is 11.8. The topological polar surface area (TPSA) is 41.2 Å². The van der Waals surface area contributed by atoms with Crippen LogP contribution in [0.2, 0.25) is 0 Å². The zero-order valence-corrected chi connectivity index (χ0v) is 13.2. The molecule has 3 aromatic rings. The van der Waals surface area contributed by atoms with E-state index in [0.717, 1.165) is 24.1 Å². The van der Waals surface area contributed by atoms with Crippen LogP contribution < -0.4 is 4.57 Å². The number of hydrogen-bond donors (Lipinski definition) is 1. The van der Waals surface area contributed by atoms with Gasteiger partial charge in [-0.15, -0.1) is 0 Å². The third-order valence-corrected chi connectivity index (χ3v) is 4.65. The number of nitrogens with zero attached hydrogens (tertiary/aromatic N) is 1. The fraction of sp³-hybridized carbons (Fsp3) is 0.143. The Balaban J connectivity index is 1.88. The maximum absolute atomic E-state index is 13.0. The minimum absolute atomic E-state index is 0.0374. The van der Waals surface area contributed by atoms with Crippen molar-refractivity contribution >= 4 is 5.78 Å². The number of carbonyl (C=O) groups is 1. The minimum Gasteiger partial charge on any atom is -0.502 e. The Labute approximate surface area is 140 Å². The van der Waals surface area contributed by atoms with Crippen LogP contribution in [0.3, 0.4) is 0 Å². The van der Waals surface area contributed by atoms with E-state index in [2.05, 4.69) is 12.1 Å². The summed E-state index contributed by atoms with van der Waals surface area (Å²) in [5, 5.41) is 10.4. The highest BCUT2D eigenvalue weighted by Gasteiger charge is 2.39. The highest BCUT2D eigenvalue weighted by atomic mass is 16.3. The van der Waals surface area contributed by atoms with Gasteiger partial charge in [0.1, 0.15) is 0 Å². The van der Waals surface area contributed by atoms with Crippen LogP contribution in [0.15, 0.2) is 72.8 Å². The molecule has 3 nitrogen and oxygen atoms in total. The molecule has 118 valence electrons. The van der Waals surface area contributed by atoms with E-state index in [-0.39, 0.29) is 17.6 Å². The Morgan fingerprint density at radius 1 is 0.917 bits per heavy atom. The molecule has 1 aromatic heterocycles. The average molecular weight is 316 g/mol. The number of rotatable bonds is 3. The molecule has 1 aliphatic rings. The van der Waals surface area contributed by atoms with Crippen molar-refractivity contribution in [1.29, 1.82) is 0 Å². The summed E-state index contributed by atoms with van der Waals surface area (Å²) < 4.78 is 2.01. The fourth-order valence-corrected chi connectivity index (χ4v) is 3.52. The van der Waals surface area contributed by atoms with E-state index in [1.54, 1.807) is 18.2 Å². The molecular weight excluding hydrogens is 298 g/mol. The van der Waals surface area contributed by atoms with Gasteiger partial charge in [0.25, 0.3) is 11.5 Å².